The van der Waals surface area contributed by atoms with Crippen LogP contribution in [0.15, 0.2) is 54.6 Å². The van der Waals surface area contributed by atoms with Crippen LogP contribution in [0.4, 0.5) is 0 Å². The Balaban J connectivity index is 0.000000469. The monoisotopic (exact) mass is 433 g/mol. The van der Waals surface area contributed by atoms with Gasteiger partial charge in [0, 0.05) is 17.7 Å². The molecule has 1 fully saturated rings. The molecule has 30 heavy (non-hydrogen) atoms. The molecule has 0 aromatic heterocycles. The van der Waals surface area contributed by atoms with Gasteiger partial charge in [-0.05, 0) is 70.0 Å². The highest BCUT2D eigenvalue weighted by Crippen LogP contribution is 2.34. The van der Waals surface area contributed by atoms with E-state index in [0.717, 1.165) is 23.6 Å². The Morgan fingerprint density at radius 1 is 1.20 bits per heavy atom. The number of nitrogens with zero attached hydrogens (tertiary/aromatic N) is 1. The van der Waals surface area contributed by atoms with E-state index in [2.05, 4.69) is 55.3 Å². The summed E-state index contributed by atoms with van der Waals surface area (Å²) >= 11 is 6.07. The van der Waals surface area contributed by atoms with Gasteiger partial charge in [0.05, 0.1) is 0 Å². The zero-order valence-electron chi connectivity index (χ0n) is 17.9. The molecule has 3 rings (SSSR count). The molecule has 6 heteroatoms. The summed E-state index contributed by atoms with van der Waals surface area (Å²) in [7, 11) is 2.22. The van der Waals surface area contributed by atoms with Crippen LogP contribution in [0.3, 0.4) is 0 Å². The molecule has 0 saturated carbocycles. The summed E-state index contributed by atoms with van der Waals surface area (Å²) < 4.78 is 6.48. The van der Waals surface area contributed by atoms with Gasteiger partial charge in [-0.15, -0.1) is 0 Å². The highest BCUT2D eigenvalue weighted by molar-refractivity contribution is 6.30. The molecule has 1 aliphatic heterocycles. The number of ether oxygens (including phenoxy) is 1. The summed E-state index contributed by atoms with van der Waals surface area (Å²) in [6, 6.07) is 19.1. The van der Waals surface area contributed by atoms with Crippen LogP contribution in [-0.2, 0) is 15.1 Å². The number of halogens is 1. The summed E-state index contributed by atoms with van der Waals surface area (Å²) in [5, 5.41) is 16.5. The van der Waals surface area contributed by atoms with Crippen molar-refractivity contribution in [1.29, 1.82) is 0 Å². The molecule has 2 aromatic carbocycles. The zero-order valence-corrected chi connectivity index (χ0v) is 18.7. The number of likely N-dealkylation sites (tertiary alicyclic amines) is 1. The maximum Gasteiger partial charge on any atom is 0.332 e. The lowest BCUT2D eigenvalue weighted by Gasteiger charge is -2.32. The Kier molecular flexibility index (Phi) is 9.31. The molecule has 3 atom stereocenters. The van der Waals surface area contributed by atoms with Crippen LogP contribution < -0.4 is 0 Å². The lowest BCUT2D eigenvalue weighted by Crippen LogP contribution is -2.31. The predicted octanol–water partition coefficient (Wildman–Crippen LogP) is 4.56. The Labute approximate surface area is 184 Å². The second-order valence-corrected chi connectivity index (χ2v) is 8.27. The number of aliphatic carboxylic acids is 1. The van der Waals surface area contributed by atoms with Gasteiger partial charge in [-0.25, -0.2) is 4.79 Å². The van der Waals surface area contributed by atoms with Crippen LogP contribution in [0.1, 0.15) is 44.2 Å². The molecule has 1 aliphatic rings. The minimum atomic E-state index is -1.23. The molecule has 5 nitrogen and oxygen atoms in total. The van der Waals surface area contributed by atoms with Crippen molar-refractivity contribution < 1.29 is 19.7 Å². The molecule has 1 heterocycles. The van der Waals surface area contributed by atoms with Gasteiger partial charge in [0.25, 0.3) is 0 Å². The second kappa shape index (κ2) is 11.5. The first kappa shape index (κ1) is 24.4. The number of aliphatic hydroxyl groups excluding tert-OH is 1. The van der Waals surface area contributed by atoms with Gasteiger partial charge in [-0.2, -0.15) is 0 Å². The van der Waals surface area contributed by atoms with Gasteiger partial charge >= 0.3 is 5.97 Å². The fourth-order valence-corrected chi connectivity index (χ4v) is 3.73. The number of carbonyl (C=O) groups is 1. The van der Waals surface area contributed by atoms with E-state index in [0.29, 0.717) is 6.04 Å². The summed E-state index contributed by atoms with van der Waals surface area (Å²) in [5.74, 6) is -1.19. The lowest BCUT2D eigenvalue weighted by atomic mass is 9.88. The maximum absolute atomic E-state index is 9.45. The summed E-state index contributed by atoms with van der Waals surface area (Å²) in [5.41, 5.74) is 1.85. The van der Waals surface area contributed by atoms with Crippen LogP contribution in [0.2, 0.25) is 5.02 Å². The summed E-state index contributed by atoms with van der Waals surface area (Å²) in [6.45, 7) is 5.31. The van der Waals surface area contributed by atoms with Crippen LogP contribution in [0.5, 0.6) is 0 Å². The van der Waals surface area contributed by atoms with Crippen molar-refractivity contribution in [2.75, 3.05) is 20.2 Å². The minimum Gasteiger partial charge on any atom is -0.479 e. The van der Waals surface area contributed by atoms with Crippen molar-refractivity contribution in [1.82, 2.24) is 4.90 Å². The van der Waals surface area contributed by atoms with E-state index in [9.17, 15) is 4.79 Å². The SMILES string of the molecule is CC(O)C(=O)O.CN1CCC[C@@H]1CCO[C@](C)(c1ccccc1)c1ccc(Cl)cc1. The number of hydrogen-bond acceptors (Lipinski definition) is 4. The van der Waals surface area contributed by atoms with E-state index < -0.39 is 17.7 Å². The molecule has 0 aliphatic carbocycles. The third kappa shape index (κ3) is 6.81. The molecular formula is C24H32ClNO4. The first-order valence-corrected chi connectivity index (χ1v) is 10.7. The first-order valence-electron chi connectivity index (χ1n) is 10.3. The largest absolute Gasteiger partial charge is 0.479 e. The molecule has 1 unspecified atom stereocenters. The third-order valence-electron chi connectivity index (χ3n) is 5.59. The van der Waals surface area contributed by atoms with Crippen LogP contribution in [-0.4, -0.2) is 53.4 Å². The number of benzene rings is 2. The average molecular weight is 434 g/mol. The van der Waals surface area contributed by atoms with E-state index in [-0.39, 0.29) is 0 Å². The number of aliphatic hydroxyl groups is 1. The average Bonchev–Trinajstić information content (AvgIpc) is 3.14. The normalized spacial score (nSPS) is 19.4. The van der Waals surface area contributed by atoms with Crippen molar-refractivity contribution in [2.45, 2.75) is 50.9 Å². The summed E-state index contributed by atoms with van der Waals surface area (Å²) in [4.78, 5) is 11.9. The predicted molar refractivity (Wildman–Crippen MR) is 120 cm³/mol. The van der Waals surface area contributed by atoms with Gasteiger partial charge in [0.1, 0.15) is 11.7 Å². The first-order chi connectivity index (χ1) is 14.2. The topological polar surface area (TPSA) is 70.0 Å². The van der Waals surface area contributed by atoms with E-state index in [4.69, 9.17) is 26.6 Å². The van der Waals surface area contributed by atoms with Gasteiger partial charge < -0.3 is 19.8 Å². The third-order valence-corrected chi connectivity index (χ3v) is 5.84. The number of carboxylic acid groups (broad SMARTS) is 1. The maximum atomic E-state index is 9.45. The van der Waals surface area contributed by atoms with E-state index >= 15 is 0 Å². The Morgan fingerprint density at radius 3 is 2.27 bits per heavy atom. The van der Waals surface area contributed by atoms with Crippen molar-refractivity contribution in [3.63, 3.8) is 0 Å². The van der Waals surface area contributed by atoms with Gasteiger partial charge in [-0.1, -0.05) is 54.1 Å². The Hall–Kier alpha value is -1.92. The fraction of sp³-hybridized carbons (Fsp3) is 0.458. The van der Waals surface area contributed by atoms with Gasteiger partial charge in [0.15, 0.2) is 0 Å². The van der Waals surface area contributed by atoms with Crippen molar-refractivity contribution in [3.8, 4) is 0 Å². The van der Waals surface area contributed by atoms with Crippen LogP contribution >= 0.6 is 11.6 Å². The second-order valence-electron chi connectivity index (χ2n) is 7.83. The van der Waals surface area contributed by atoms with Crippen molar-refractivity contribution in [2.24, 2.45) is 0 Å². The minimum absolute atomic E-state index is 0.455. The molecule has 2 N–H and O–H groups in total. The number of hydrogen-bond donors (Lipinski definition) is 2. The molecule has 2 aromatic rings. The van der Waals surface area contributed by atoms with Crippen LogP contribution in [0, 0.1) is 0 Å². The smallest absolute Gasteiger partial charge is 0.332 e. The lowest BCUT2D eigenvalue weighted by molar-refractivity contribution is -0.145. The molecular weight excluding hydrogens is 402 g/mol. The fourth-order valence-electron chi connectivity index (χ4n) is 3.60. The Bertz CT molecular complexity index is 782. The molecule has 0 spiro atoms. The molecule has 1 saturated heterocycles. The standard InChI is InChI=1S/C21H26ClNO.C3H6O3/c1-21(17-7-4-3-5-8-17,18-10-12-19(22)13-11-18)24-16-14-20-9-6-15-23(20)2;1-2(4)3(5)6/h3-5,7-8,10-13,20H,6,9,14-16H2,1-2H3;2,4H,1H3,(H,5,6)/t20-,21-;/m1./s1. The van der Waals surface area contributed by atoms with Crippen LogP contribution in [0.25, 0.3) is 0 Å². The van der Waals surface area contributed by atoms with E-state index in [1.165, 1.54) is 31.9 Å². The molecule has 0 radical (unpaired) electrons. The number of carboxylic acids is 1. The highest BCUT2D eigenvalue weighted by Gasteiger charge is 2.30. The van der Waals surface area contributed by atoms with E-state index in [1.807, 2.05) is 18.2 Å². The Morgan fingerprint density at radius 2 is 1.77 bits per heavy atom. The molecule has 164 valence electrons. The van der Waals surface area contributed by atoms with Crippen molar-refractivity contribution in [3.05, 3.63) is 70.7 Å². The molecule has 0 bridgehead atoms. The summed E-state index contributed by atoms with van der Waals surface area (Å²) in [6.07, 6.45) is 2.42. The van der Waals surface area contributed by atoms with Gasteiger partial charge in [0.2, 0.25) is 0 Å². The van der Waals surface area contributed by atoms with Crippen molar-refractivity contribution >= 4 is 17.6 Å². The van der Waals surface area contributed by atoms with Gasteiger partial charge in [-0.3, -0.25) is 0 Å². The molecule has 0 amide bonds. The number of rotatable bonds is 7. The highest BCUT2D eigenvalue weighted by atomic mass is 35.5. The zero-order chi connectivity index (χ0) is 22.1. The van der Waals surface area contributed by atoms with E-state index in [1.54, 1.807) is 0 Å². The quantitative estimate of drug-likeness (QED) is 0.670.